The highest BCUT2D eigenvalue weighted by atomic mass is 32.2. The predicted molar refractivity (Wildman–Crippen MR) is 76.4 cm³/mol. The van der Waals surface area contributed by atoms with Gasteiger partial charge in [-0.1, -0.05) is 6.92 Å². The molecular formula is C13H22N2O3S. The van der Waals surface area contributed by atoms with Crippen LogP contribution in [0.2, 0.25) is 0 Å². The van der Waals surface area contributed by atoms with Crippen molar-refractivity contribution in [1.82, 2.24) is 4.72 Å². The Morgan fingerprint density at radius 2 is 1.79 bits per heavy atom. The fraction of sp³-hybridized carbons (Fsp3) is 0.538. The number of aliphatic hydroxyl groups excluding tert-OH is 1. The zero-order chi connectivity index (χ0) is 14.8. The molecule has 19 heavy (non-hydrogen) atoms. The normalized spacial score (nSPS) is 15.2. The van der Waals surface area contributed by atoms with E-state index in [-0.39, 0.29) is 29.1 Å². The van der Waals surface area contributed by atoms with Gasteiger partial charge in [0.05, 0.1) is 5.69 Å². The van der Waals surface area contributed by atoms with Gasteiger partial charge in [-0.05, 0) is 49.9 Å². The first kappa shape index (κ1) is 15.9. The smallest absolute Gasteiger partial charge is 0.242 e. The van der Waals surface area contributed by atoms with Gasteiger partial charge >= 0.3 is 0 Å². The van der Waals surface area contributed by atoms with E-state index < -0.39 is 10.0 Å². The molecule has 5 nitrogen and oxygen atoms in total. The number of sulfonamides is 1. The second-order valence-electron chi connectivity index (χ2n) is 5.04. The van der Waals surface area contributed by atoms with Crippen LogP contribution >= 0.6 is 0 Å². The third-order valence-electron chi connectivity index (χ3n) is 3.40. The first-order valence-corrected chi connectivity index (χ1v) is 7.67. The standard InChI is InChI=1S/C13H22N2O3S/c1-8-5-12(14)13(6-9(8)2)19(17,18)15-11(4)10(3)7-16/h5-6,10-11,15-16H,7,14H2,1-4H3. The lowest BCUT2D eigenvalue weighted by Gasteiger charge is -2.20. The molecule has 0 radical (unpaired) electrons. The van der Waals surface area contributed by atoms with Gasteiger partial charge in [-0.25, -0.2) is 13.1 Å². The topological polar surface area (TPSA) is 92.4 Å². The molecule has 4 N–H and O–H groups in total. The largest absolute Gasteiger partial charge is 0.398 e. The molecular weight excluding hydrogens is 264 g/mol. The lowest BCUT2D eigenvalue weighted by molar-refractivity contribution is 0.216. The fourth-order valence-corrected chi connectivity index (χ4v) is 3.18. The van der Waals surface area contributed by atoms with Gasteiger partial charge in [0.1, 0.15) is 4.90 Å². The van der Waals surface area contributed by atoms with Gasteiger partial charge in [0, 0.05) is 12.6 Å². The lowest BCUT2D eigenvalue weighted by atomic mass is 10.1. The number of rotatable bonds is 5. The van der Waals surface area contributed by atoms with E-state index in [4.69, 9.17) is 10.8 Å². The highest BCUT2D eigenvalue weighted by molar-refractivity contribution is 7.89. The van der Waals surface area contributed by atoms with Gasteiger partial charge < -0.3 is 10.8 Å². The Labute approximate surface area is 114 Å². The third kappa shape index (κ3) is 3.68. The highest BCUT2D eigenvalue weighted by Crippen LogP contribution is 2.23. The number of nitrogens with two attached hydrogens (primary N) is 1. The molecule has 1 aromatic rings. The molecule has 1 aromatic carbocycles. The number of aliphatic hydroxyl groups is 1. The van der Waals surface area contributed by atoms with Crippen LogP contribution in [0.5, 0.6) is 0 Å². The van der Waals surface area contributed by atoms with Crippen LogP contribution in [-0.4, -0.2) is 26.2 Å². The van der Waals surface area contributed by atoms with Gasteiger partial charge in [-0.3, -0.25) is 0 Å². The van der Waals surface area contributed by atoms with Crippen LogP contribution in [-0.2, 0) is 10.0 Å². The molecule has 0 heterocycles. The average molecular weight is 286 g/mol. The molecule has 0 aliphatic heterocycles. The number of hydrogen-bond acceptors (Lipinski definition) is 4. The number of hydrogen-bond donors (Lipinski definition) is 3. The Hall–Kier alpha value is -1.11. The van der Waals surface area contributed by atoms with Crippen LogP contribution < -0.4 is 10.5 Å². The molecule has 0 fully saturated rings. The fourth-order valence-electron chi connectivity index (χ4n) is 1.63. The van der Waals surface area contributed by atoms with E-state index in [1.54, 1.807) is 26.0 Å². The first-order valence-electron chi connectivity index (χ1n) is 6.19. The Morgan fingerprint density at radius 3 is 2.32 bits per heavy atom. The predicted octanol–water partition coefficient (Wildman–Crippen LogP) is 1.18. The van der Waals surface area contributed by atoms with E-state index in [2.05, 4.69) is 4.72 Å². The van der Waals surface area contributed by atoms with Crippen LogP contribution in [0.4, 0.5) is 5.69 Å². The maximum atomic E-state index is 12.3. The monoisotopic (exact) mass is 286 g/mol. The Bertz CT molecular complexity index is 555. The molecule has 0 aromatic heterocycles. The molecule has 0 bridgehead atoms. The van der Waals surface area contributed by atoms with Crippen molar-refractivity contribution in [2.75, 3.05) is 12.3 Å². The van der Waals surface area contributed by atoms with Gasteiger partial charge in [-0.2, -0.15) is 0 Å². The van der Waals surface area contributed by atoms with Gasteiger partial charge in [-0.15, -0.1) is 0 Å². The number of aryl methyl sites for hydroxylation is 2. The van der Waals surface area contributed by atoms with E-state index in [9.17, 15) is 8.42 Å². The summed E-state index contributed by atoms with van der Waals surface area (Å²) in [6.45, 7) is 7.14. The summed E-state index contributed by atoms with van der Waals surface area (Å²) in [6.07, 6.45) is 0. The van der Waals surface area contributed by atoms with Crippen LogP contribution in [0, 0.1) is 19.8 Å². The first-order chi connectivity index (χ1) is 8.69. The molecule has 0 saturated carbocycles. The van der Waals surface area contributed by atoms with E-state index >= 15 is 0 Å². The van der Waals surface area contributed by atoms with Gasteiger partial charge in [0.2, 0.25) is 10.0 Å². The van der Waals surface area contributed by atoms with E-state index in [0.717, 1.165) is 11.1 Å². The van der Waals surface area contributed by atoms with Crippen molar-refractivity contribution >= 4 is 15.7 Å². The second-order valence-corrected chi connectivity index (χ2v) is 6.73. The summed E-state index contributed by atoms with van der Waals surface area (Å²) >= 11 is 0. The Kier molecular flexibility index (Phi) is 4.95. The summed E-state index contributed by atoms with van der Waals surface area (Å²) < 4.78 is 27.1. The van der Waals surface area contributed by atoms with Crippen molar-refractivity contribution in [1.29, 1.82) is 0 Å². The summed E-state index contributed by atoms with van der Waals surface area (Å²) in [6, 6.07) is 2.86. The zero-order valence-corrected chi connectivity index (χ0v) is 12.6. The van der Waals surface area contributed by atoms with Gasteiger partial charge in [0.25, 0.3) is 0 Å². The van der Waals surface area contributed by atoms with Crippen molar-refractivity contribution < 1.29 is 13.5 Å². The Balaban J connectivity index is 3.11. The van der Waals surface area contributed by atoms with Crippen molar-refractivity contribution in [2.24, 2.45) is 5.92 Å². The summed E-state index contributed by atoms with van der Waals surface area (Å²) in [5.74, 6) is -0.164. The molecule has 6 heteroatoms. The second kappa shape index (κ2) is 5.90. The van der Waals surface area contributed by atoms with Crippen LogP contribution in [0.1, 0.15) is 25.0 Å². The number of nitrogens with one attached hydrogen (secondary N) is 1. The molecule has 0 spiro atoms. The van der Waals surface area contributed by atoms with Crippen molar-refractivity contribution in [3.05, 3.63) is 23.3 Å². The SMILES string of the molecule is Cc1cc(N)c(S(=O)(=O)NC(C)C(C)CO)cc1C. The minimum atomic E-state index is -3.67. The number of benzene rings is 1. The molecule has 2 atom stereocenters. The summed E-state index contributed by atoms with van der Waals surface area (Å²) in [4.78, 5) is 0.0904. The summed E-state index contributed by atoms with van der Waals surface area (Å²) in [5.41, 5.74) is 7.85. The molecule has 0 amide bonds. The Morgan fingerprint density at radius 1 is 1.26 bits per heavy atom. The van der Waals surface area contributed by atoms with E-state index in [0.29, 0.717) is 0 Å². The third-order valence-corrected chi connectivity index (χ3v) is 5.01. The van der Waals surface area contributed by atoms with Crippen LogP contribution in [0.25, 0.3) is 0 Å². The number of anilines is 1. The minimum Gasteiger partial charge on any atom is -0.398 e. The lowest BCUT2D eigenvalue weighted by Crippen LogP contribution is -2.38. The number of nitrogen functional groups attached to an aromatic ring is 1. The molecule has 0 saturated heterocycles. The van der Waals surface area contributed by atoms with E-state index in [1.165, 1.54) is 0 Å². The molecule has 108 valence electrons. The zero-order valence-electron chi connectivity index (χ0n) is 11.8. The van der Waals surface area contributed by atoms with Crippen molar-refractivity contribution in [3.63, 3.8) is 0 Å². The van der Waals surface area contributed by atoms with Gasteiger partial charge in [0.15, 0.2) is 0 Å². The highest BCUT2D eigenvalue weighted by Gasteiger charge is 2.23. The molecule has 2 unspecified atom stereocenters. The van der Waals surface area contributed by atoms with Crippen molar-refractivity contribution in [3.8, 4) is 0 Å². The molecule has 0 aliphatic carbocycles. The summed E-state index contributed by atoms with van der Waals surface area (Å²) in [5, 5.41) is 9.05. The quantitative estimate of drug-likeness (QED) is 0.709. The summed E-state index contributed by atoms with van der Waals surface area (Å²) in [7, 11) is -3.67. The maximum absolute atomic E-state index is 12.3. The maximum Gasteiger partial charge on any atom is 0.242 e. The minimum absolute atomic E-state index is 0.0773. The molecule has 0 aliphatic rings. The van der Waals surface area contributed by atoms with Crippen molar-refractivity contribution in [2.45, 2.75) is 38.6 Å². The van der Waals surface area contributed by atoms with Crippen LogP contribution in [0.15, 0.2) is 17.0 Å². The van der Waals surface area contributed by atoms with Crippen LogP contribution in [0.3, 0.4) is 0 Å². The van der Waals surface area contributed by atoms with E-state index in [1.807, 2.05) is 13.8 Å². The molecule has 1 rings (SSSR count). The average Bonchev–Trinajstić information content (AvgIpc) is 2.31.